The fourth-order valence-electron chi connectivity index (χ4n) is 1.85. The van der Waals surface area contributed by atoms with E-state index in [0.29, 0.717) is 5.69 Å². The van der Waals surface area contributed by atoms with Crippen molar-refractivity contribution >= 4 is 17.3 Å². The molecule has 1 N–H and O–H groups in total. The third kappa shape index (κ3) is 1.87. The van der Waals surface area contributed by atoms with E-state index in [1.54, 1.807) is 6.07 Å². The van der Waals surface area contributed by atoms with Crippen LogP contribution in [-0.4, -0.2) is 18.0 Å². The summed E-state index contributed by atoms with van der Waals surface area (Å²) in [5, 5.41) is 2.74. The molecule has 0 aromatic heterocycles. The molecule has 1 aliphatic heterocycles. The van der Waals surface area contributed by atoms with E-state index in [9.17, 15) is 9.18 Å². The maximum Gasteiger partial charge on any atom is 0.243 e. The van der Waals surface area contributed by atoms with E-state index in [0.717, 1.165) is 5.69 Å². The summed E-state index contributed by atoms with van der Waals surface area (Å²) in [7, 11) is 0. The second-order valence-electron chi connectivity index (χ2n) is 4.97. The van der Waals surface area contributed by atoms with Crippen LogP contribution >= 0.6 is 0 Å². The first-order valence-corrected chi connectivity index (χ1v) is 5.25. The minimum Gasteiger partial charge on any atom is -0.356 e. The summed E-state index contributed by atoms with van der Waals surface area (Å²) in [6, 6.07) is 4.41. The van der Waals surface area contributed by atoms with Crippen molar-refractivity contribution in [2.45, 2.75) is 26.3 Å². The second-order valence-corrected chi connectivity index (χ2v) is 4.97. The Morgan fingerprint density at radius 3 is 2.69 bits per heavy atom. The Labute approximate surface area is 94.3 Å². The Balaban J connectivity index is 2.52. The number of benzene rings is 1. The average molecular weight is 222 g/mol. The molecule has 0 saturated heterocycles. The van der Waals surface area contributed by atoms with Gasteiger partial charge in [-0.25, -0.2) is 4.39 Å². The Kier molecular flexibility index (Phi) is 2.37. The van der Waals surface area contributed by atoms with Gasteiger partial charge in [-0.2, -0.15) is 0 Å². The third-order valence-electron chi connectivity index (χ3n) is 2.64. The number of fused-ring (bicyclic) bond motifs is 1. The first kappa shape index (κ1) is 10.9. The number of hydrogen-bond acceptors (Lipinski definition) is 2. The van der Waals surface area contributed by atoms with E-state index in [1.165, 1.54) is 12.1 Å². The molecule has 0 aliphatic carbocycles. The van der Waals surface area contributed by atoms with Crippen LogP contribution in [-0.2, 0) is 4.79 Å². The predicted octanol–water partition coefficient (Wildman–Crippen LogP) is 2.38. The maximum atomic E-state index is 13.2. The SMILES string of the molecule is CC(C)(C)N1CC(=O)Nc2ccc(F)cc21. The highest BCUT2D eigenvalue weighted by Gasteiger charge is 2.30. The maximum absolute atomic E-state index is 13.2. The van der Waals surface area contributed by atoms with Gasteiger partial charge in [0.2, 0.25) is 5.91 Å². The molecule has 0 unspecified atom stereocenters. The molecule has 1 heterocycles. The minimum atomic E-state index is -0.288. The van der Waals surface area contributed by atoms with Gasteiger partial charge in [-0.1, -0.05) is 0 Å². The monoisotopic (exact) mass is 222 g/mol. The molecule has 0 spiro atoms. The number of nitrogens with zero attached hydrogens (tertiary/aromatic N) is 1. The number of hydrogen-bond donors (Lipinski definition) is 1. The fourth-order valence-corrected chi connectivity index (χ4v) is 1.85. The minimum absolute atomic E-state index is 0.0611. The molecule has 0 saturated carbocycles. The van der Waals surface area contributed by atoms with Crippen molar-refractivity contribution in [1.82, 2.24) is 0 Å². The molecule has 1 aromatic carbocycles. The Bertz CT molecular complexity index is 437. The summed E-state index contributed by atoms with van der Waals surface area (Å²) in [5.74, 6) is -0.349. The van der Waals surface area contributed by atoms with Crippen molar-refractivity contribution in [2.24, 2.45) is 0 Å². The van der Waals surface area contributed by atoms with Gasteiger partial charge in [0.25, 0.3) is 0 Å². The van der Waals surface area contributed by atoms with E-state index in [4.69, 9.17) is 0 Å². The van der Waals surface area contributed by atoms with E-state index in [1.807, 2.05) is 25.7 Å². The predicted molar refractivity (Wildman–Crippen MR) is 62.1 cm³/mol. The summed E-state index contributed by atoms with van der Waals surface area (Å²) in [4.78, 5) is 13.4. The quantitative estimate of drug-likeness (QED) is 0.731. The molecule has 4 heteroatoms. The standard InChI is InChI=1S/C12H15FN2O/c1-12(2,3)15-7-11(16)14-9-5-4-8(13)6-10(9)15/h4-6H,7H2,1-3H3,(H,14,16). The molecule has 1 aliphatic rings. The third-order valence-corrected chi connectivity index (χ3v) is 2.64. The Hall–Kier alpha value is -1.58. The lowest BCUT2D eigenvalue weighted by Crippen LogP contribution is -2.49. The summed E-state index contributed by atoms with van der Waals surface area (Å²) in [6.07, 6.45) is 0. The summed E-state index contributed by atoms with van der Waals surface area (Å²) < 4.78 is 13.2. The lowest BCUT2D eigenvalue weighted by atomic mass is 10.0. The van der Waals surface area contributed by atoms with E-state index < -0.39 is 0 Å². The number of amides is 1. The van der Waals surface area contributed by atoms with Gasteiger partial charge < -0.3 is 10.2 Å². The van der Waals surface area contributed by atoms with Crippen LogP contribution in [0.3, 0.4) is 0 Å². The number of halogens is 1. The summed E-state index contributed by atoms with van der Waals surface area (Å²) in [6.45, 7) is 6.26. The topological polar surface area (TPSA) is 32.3 Å². The Morgan fingerprint density at radius 2 is 2.06 bits per heavy atom. The lowest BCUT2D eigenvalue weighted by Gasteiger charge is -2.40. The fraction of sp³-hybridized carbons (Fsp3) is 0.417. The number of carbonyl (C=O) groups is 1. The van der Waals surface area contributed by atoms with Crippen LogP contribution in [0.4, 0.5) is 15.8 Å². The summed E-state index contributed by atoms with van der Waals surface area (Å²) in [5.41, 5.74) is 1.21. The van der Waals surface area contributed by atoms with E-state index in [2.05, 4.69) is 5.32 Å². The molecule has 0 fully saturated rings. The highest BCUT2D eigenvalue weighted by atomic mass is 19.1. The number of nitrogens with one attached hydrogen (secondary N) is 1. The van der Waals surface area contributed by atoms with Crippen LogP contribution < -0.4 is 10.2 Å². The molecule has 0 atom stereocenters. The van der Waals surface area contributed by atoms with Crippen molar-refractivity contribution in [3.05, 3.63) is 24.0 Å². The zero-order valence-electron chi connectivity index (χ0n) is 9.67. The van der Waals surface area contributed by atoms with Crippen LogP contribution in [0.25, 0.3) is 0 Å². The van der Waals surface area contributed by atoms with Gasteiger partial charge in [0.1, 0.15) is 5.82 Å². The zero-order chi connectivity index (χ0) is 11.9. The molecular formula is C12H15FN2O. The van der Waals surface area contributed by atoms with Crippen molar-refractivity contribution < 1.29 is 9.18 Å². The smallest absolute Gasteiger partial charge is 0.243 e. The lowest BCUT2D eigenvalue weighted by molar-refractivity contribution is -0.115. The average Bonchev–Trinajstić information content (AvgIpc) is 2.16. The van der Waals surface area contributed by atoms with Crippen molar-refractivity contribution in [3.8, 4) is 0 Å². The first-order valence-electron chi connectivity index (χ1n) is 5.25. The van der Waals surface area contributed by atoms with Crippen molar-refractivity contribution in [3.63, 3.8) is 0 Å². The zero-order valence-corrected chi connectivity index (χ0v) is 9.67. The van der Waals surface area contributed by atoms with E-state index in [-0.39, 0.29) is 23.8 Å². The van der Waals surface area contributed by atoms with Crippen LogP contribution in [0.1, 0.15) is 20.8 Å². The van der Waals surface area contributed by atoms with Gasteiger partial charge in [-0.3, -0.25) is 4.79 Å². The van der Waals surface area contributed by atoms with Crippen LogP contribution in [0.5, 0.6) is 0 Å². The molecular weight excluding hydrogens is 207 g/mol. The van der Waals surface area contributed by atoms with E-state index >= 15 is 0 Å². The highest BCUT2D eigenvalue weighted by Crippen LogP contribution is 2.34. The largest absolute Gasteiger partial charge is 0.356 e. The van der Waals surface area contributed by atoms with Crippen LogP contribution in [0.2, 0.25) is 0 Å². The summed E-state index contributed by atoms with van der Waals surface area (Å²) >= 11 is 0. The second kappa shape index (κ2) is 3.47. The molecule has 0 radical (unpaired) electrons. The molecule has 16 heavy (non-hydrogen) atoms. The molecule has 1 aromatic rings. The van der Waals surface area contributed by atoms with Gasteiger partial charge in [0, 0.05) is 5.54 Å². The molecule has 86 valence electrons. The number of rotatable bonds is 0. The Morgan fingerprint density at radius 1 is 1.38 bits per heavy atom. The highest BCUT2D eigenvalue weighted by molar-refractivity contribution is 6.01. The van der Waals surface area contributed by atoms with Crippen molar-refractivity contribution in [2.75, 3.05) is 16.8 Å². The molecule has 2 rings (SSSR count). The van der Waals surface area contributed by atoms with Gasteiger partial charge in [0.05, 0.1) is 17.9 Å². The van der Waals surface area contributed by atoms with Gasteiger partial charge in [-0.15, -0.1) is 0 Å². The normalized spacial score (nSPS) is 15.8. The van der Waals surface area contributed by atoms with Gasteiger partial charge >= 0.3 is 0 Å². The van der Waals surface area contributed by atoms with Gasteiger partial charge in [-0.05, 0) is 39.0 Å². The number of anilines is 2. The van der Waals surface area contributed by atoms with Crippen LogP contribution in [0.15, 0.2) is 18.2 Å². The first-order chi connectivity index (χ1) is 7.38. The van der Waals surface area contributed by atoms with Gasteiger partial charge in [0.15, 0.2) is 0 Å². The molecule has 1 amide bonds. The van der Waals surface area contributed by atoms with Crippen LogP contribution in [0, 0.1) is 5.82 Å². The molecule has 3 nitrogen and oxygen atoms in total. The van der Waals surface area contributed by atoms with Crippen molar-refractivity contribution in [1.29, 1.82) is 0 Å². The number of carbonyl (C=O) groups excluding carboxylic acids is 1. The molecule has 0 bridgehead atoms.